The highest BCUT2D eigenvalue weighted by Gasteiger charge is 2.11. The van der Waals surface area contributed by atoms with Crippen molar-refractivity contribution >= 4 is 41.3 Å². The molecule has 0 aliphatic carbocycles. The number of halogens is 1. The van der Waals surface area contributed by atoms with E-state index in [0.29, 0.717) is 6.04 Å². The number of aliphatic imine (C=N–C) groups is 1. The van der Waals surface area contributed by atoms with Crippen molar-refractivity contribution in [2.75, 3.05) is 52.9 Å². The molecule has 0 radical (unpaired) electrons. The van der Waals surface area contributed by atoms with E-state index in [1.165, 1.54) is 42.4 Å². The lowest BCUT2D eigenvalue weighted by Crippen LogP contribution is -2.43. The van der Waals surface area contributed by atoms with E-state index >= 15 is 0 Å². The number of thiophene rings is 1. The van der Waals surface area contributed by atoms with Gasteiger partial charge in [0.25, 0.3) is 0 Å². The maximum Gasteiger partial charge on any atom is 0.191 e. The fraction of sp³-hybridized carbons (Fsp3) is 0.750. The minimum atomic E-state index is 0. The summed E-state index contributed by atoms with van der Waals surface area (Å²) < 4.78 is 0. The summed E-state index contributed by atoms with van der Waals surface area (Å²) in [7, 11) is 2.22. The molecule has 1 aromatic heterocycles. The summed E-state index contributed by atoms with van der Waals surface area (Å²) in [6.45, 7) is 14.3. The first-order valence-electron chi connectivity index (χ1n) is 10.1. The first-order chi connectivity index (χ1) is 12.6. The number of aryl methyl sites for hydroxylation is 1. The van der Waals surface area contributed by atoms with Gasteiger partial charge in [0.2, 0.25) is 0 Å². The molecule has 0 saturated carbocycles. The molecule has 5 nitrogen and oxygen atoms in total. The Labute approximate surface area is 187 Å². The topological polar surface area (TPSA) is 42.9 Å². The number of nitrogens with zero attached hydrogens (tertiary/aromatic N) is 3. The number of likely N-dealkylation sites (N-methyl/N-ethyl adjacent to an activating group) is 1. The molecular weight excluding hydrogens is 469 g/mol. The van der Waals surface area contributed by atoms with Gasteiger partial charge in [-0.3, -0.25) is 4.99 Å². The third-order valence-corrected chi connectivity index (χ3v) is 5.77. The molecule has 0 spiro atoms. The van der Waals surface area contributed by atoms with Crippen molar-refractivity contribution in [3.8, 4) is 0 Å². The molecule has 0 aromatic carbocycles. The average Bonchev–Trinajstić information content (AvgIpc) is 2.88. The van der Waals surface area contributed by atoms with Crippen LogP contribution in [0.4, 0.5) is 0 Å². The Balaban J connectivity index is 0.00000364. The Morgan fingerprint density at radius 1 is 1.26 bits per heavy atom. The lowest BCUT2D eigenvalue weighted by molar-refractivity contribution is 0.275. The highest BCUT2D eigenvalue weighted by molar-refractivity contribution is 14.0. The largest absolute Gasteiger partial charge is 0.357 e. The Morgan fingerprint density at radius 3 is 2.78 bits per heavy atom. The van der Waals surface area contributed by atoms with Crippen LogP contribution >= 0.6 is 35.3 Å². The lowest BCUT2D eigenvalue weighted by atomic mass is 10.2. The molecule has 2 heterocycles. The standard InChI is InChI=1S/C20H37N5S.HI/c1-5-21-20(23-17(2)16-19-9-8-18(3)26-19)22-10-6-12-25-13-7-11-24(4)14-15-25;/h8-9,17H,5-7,10-16H2,1-4H3,(H2,21,22,23);1H. The number of guanidine groups is 1. The SMILES string of the molecule is CCNC(=NCCCN1CCCN(C)CC1)NC(C)Cc1ccc(C)s1.I. The molecule has 156 valence electrons. The first-order valence-corrected chi connectivity index (χ1v) is 10.9. The predicted octanol–water partition coefficient (Wildman–Crippen LogP) is 3.19. The summed E-state index contributed by atoms with van der Waals surface area (Å²) in [6, 6.07) is 4.82. The van der Waals surface area contributed by atoms with Crippen LogP contribution < -0.4 is 10.6 Å². The highest BCUT2D eigenvalue weighted by Crippen LogP contribution is 2.16. The number of nitrogens with one attached hydrogen (secondary N) is 2. The van der Waals surface area contributed by atoms with Crippen molar-refractivity contribution in [3.63, 3.8) is 0 Å². The van der Waals surface area contributed by atoms with Gasteiger partial charge in [0.1, 0.15) is 0 Å². The van der Waals surface area contributed by atoms with E-state index < -0.39 is 0 Å². The summed E-state index contributed by atoms with van der Waals surface area (Å²) in [5.74, 6) is 0.948. The molecule has 1 aromatic rings. The Kier molecular flexibility index (Phi) is 12.5. The molecule has 1 saturated heterocycles. The van der Waals surface area contributed by atoms with Crippen LogP contribution in [0.2, 0.25) is 0 Å². The van der Waals surface area contributed by atoms with E-state index in [1.54, 1.807) is 0 Å². The molecule has 1 fully saturated rings. The molecule has 1 atom stereocenters. The van der Waals surface area contributed by atoms with Gasteiger partial charge in [0.05, 0.1) is 0 Å². The van der Waals surface area contributed by atoms with Crippen LogP contribution in [-0.2, 0) is 6.42 Å². The molecule has 7 heteroatoms. The summed E-state index contributed by atoms with van der Waals surface area (Å²) in [5, 5.41) is 6.94. The van der Waals surface area contributed by atoms with Crippen LogP contribution in [-0.4, -0.2) is 74.7 Å². The van der Waals surface area contributed by atoms with Gasteiger partial charge in [-0.25, -0.2) is 0 Å². The van der Waals surface area contributed by atoms with Crippen molar-refractivity contribution in [1.29, 1.82) is 0 Å². The summed E-state index contributed by atoms with van der Waals surface area (Å²) in [5.41, 5.74) is 0. The summed E-state index contributed by atoms with van der Waals surface area (Å²) >= 11 is 1.89. The van der Waals surface area contributed by atoms with Gasteiger partial charge in [-0.05, 0) is 72.4 Å². The summed E-state index contributed by atoms with van der Waals surface area (Å²) in [6.07, 6.45) is 3.45. The third-order valence-electron chi connectivity index (χ3n) is 4.75. The smallest absolute Gasteiger partial charge is 0.191 e. The van der Waals surface area contributed by atoms with Crippen molar-refractivity contribution in [3.05, 3.63) is 21.9 Å². The zero-order valence-corrected chi connectivity index (χ0v) is 20.6. The van der Waals surface area contributed by atoms with Crippen molar-refractivity contribution in [2.45, 2.75) is 46.1 Å². The summed E-state index contributed by atoms with van der Waals surface area (Å²) in [4.78, 5) is 12.6. The van der Waals surface area contributed by atoms with Gasteiger partial charge in [-0.2, -0.15) is 0 Å². The lowest BCUT2D eigenvalue weighted by Gasteiger charge is -2.20. The maximum atomic E-state index is 4.78. The van der Waals surface area contributed by atoms with Crippen LogP contribution in [0.1, 0.15) is 36.4 Å². The van der Waals surface area contributed by atoms with Gasteiger partial charge in [-0.15, -0.1) is 35.3 Å². The van der Waals surface area contributed by atoms with Gasteiger partial charge < -0.3 is 20.4 Å². The van der Waals surface area contributed by atoms with E-state index in [0.717, 1.165) is 38.4 Å². The van der Waals surface area contributed by atoms with Crippen molar-refractivity contribution < 1.29 is 0 Å². The van der Waals surface area contributed by atoms with Gasteiger partial charge in [-0.1, -0.05) is 0 Å². The van der Waals surface area contributed by atoms with Crippen LogP contribution in [0, 0.1) is 6.92 Å². The van der Waals surface area contributed by atoms with Crippen LogP contribution in [0.25, 0.3) is 0 Å². The quantitative estimate of drug-likeness (QED) is 0.246. The van der Waals surface area contributed by atoms with Crippen LogP contribution in [0.5, 0.6) is 0 Å². The van der Waals surface area contributed by atoms with Crippen molar-refractivity contribution in [2.24, 2.45) is 4.99 Å². The molecule has 2 N–H and O–H groups in total. The number of hydrogen-bond donors (Lipinski definition) is 2. The third kappa shape index (κ3) is 10.1. The molecule has 1 aliphatic heterocycles. The molecule has 2 rings (SSSR count). The zero-order chi connectivity index (χ0) is 18.8. The Bertz CT molecular complexity index is 548. The molecule has 27 heavy (non-hydrogen) atoms. The average molecular weight is 508 g/mol. The van der Waals surface area contributed by atoms with E-state index in [9.17, 15) is 0 Å². The van der Waals surface area contributed by atoms with E-state index in [1.807, 2.05) is 11.3 Å². The number of rotatable bonds is 8. The van der Waals surface area contributed by atoms with E-state index in [-0.39, 0.29) is 24.0 Å². The molecular formula is C20H38IN5S. The second-order valence-electron chi connectivity index (χ2n) is 7.37. The van der Waals surface area contributed by atoms with Gasteiger partial charge in [0, 0.05) is 48.4 Å². The Morgan fingerprint density at radius 2 is 2.07 bits per heavy atom. The zero-order valence-electron chi connectivity index (χ0n) is 17.5. The first kappa shape index (κ1) is 24.7. The Hall–Kier alpha value is -0.380. The normalized spacial score (nSPS) is 17.9. The molecule has 1 aliphatic rings. The predicted molar refractivity (Wildman–Crippen MR) is 130 cm³/mol. The fourth-order valence-corrected chi connectivity index (χ4v) is 4.33. The van der Waals surface area contributed by atoms with E-state index in [4.69, 9.17) is 4.99 Å². The van der Waals surface area contributed by atoms with Gasteiger partial charge in [0.15, 0.2) is 5.96 Å². The highest BCUT2D eigenvalue weighted by atomic mass is 127. The minimum absolute atomic E-state index is 0. The van der Waals surface area contributed by atoms with Gasteiger partial charge >= 0.3 is 0 Å². The number of hydrogen-bond acceptors (Lipinski definition) is 4. The molecule has 0 amide bonds. The molecule has 1 unspecified atom stereocenters. The van der Waals surface area contributed by atoms with Crippen LogP contribution in [0.3, 0.4) is 0 Å². The van der Waals surface area contributed by atoms with E-state index in [2.05, 4.69) is 60.4 Å². The maximum absolute atomic E-state index is 4.78. The van der Waals surface area contributed by atoms with Crippen molar-refractivity contribution in [1.82, 2.24) is 20.4 Å². The second-order valence-corrected chi connectivity index (χ2v) is 8.75. The monoisotopic (exact) mass is 507 g/mol. The minimum Gasteiger partial charge on any atom is -0.357 e. The fourth-order valence-electron chi connectivity index (χ4n) is 3.31. The molecule has 0 bridgehead atoms. The second kappa shape index (κ2) is 13.7. The van der Waals surface area contributed by atoms with Crippen LogP contribution in [0.15, 0.2) is 17.1 Å².